The van der Waals surface area contributed by atoms with Crippen LogP contribution in [0.5, 0.6) is 0 Å². The molecule has 59 valence electrons. The summed E-state index contributed by atoms with van der Waals surface area (Å²) in [5, 5.41) is 4.24. The van der Waals surface area contributed by atoms with Crippen LogP contribution >= 0.6 is 0 Å². The maximum Gasteiger partial charge on any atom is 0.0384 e. The molecule has 0 aliphatic rings. The van der Waals surface area contributed by atoms with Crippen molar-refractivity contribution in [3.05, 3.63) is 35.9 Å². The second-order valence-electron chi connectivity index (χ2n) is 2.38. The molecular formula is C9H13N2. The van der Waals surface area contributed by atoms with Gasteiger partial charge in [-0.1, -0.05) is 30.3 Å². The molecule has 0 aromatic heterocycles. The summed E-state index contributed by atoms with van der Waals surface area (Å²) in [4.78, 5) is 0. The minimum atomic E-state index is 0.646. The first-order chi connectivity index (χ1) is 5.43. The lowest BCUT2D eigenvalue weighted by molar-refractivity contribution is 0.680. The molecule has 2 N–H and O–H groups in total. The molecule has 1 rings (SSSR count). The van der Waals surface area contributed by atoms with Gasteiger partial charge in [0.25, 0.3) is 0 Å². The van der Waals surface area contributed by atoms with Crippen LogP contribution in [0.2, 0.25) is 0 Å². The van der Waals surface area contributed by atoms with Crippen LogP contribution in [0.1, 0.15) is 5.56 Å². The van der Waals surface area contributed by atoms with E-state index >= 15 is 0 Å². The molecule has 1 radical (unpaired) electrons. The lowest BCUT2D eigenvalue weighted by atomic mass is 10.2. The fourth-order valence-corrected chi connectivity index (χ4v) is 0.883. The molecule has 0 spiro atoms. The van der Waals surface area contributed by atoms with Gasteiger partial charge in [0.05, 0.1) is 0 Å². The maximum atomic E-state index is 5.30. The van der Waals surface area contributed by atoms with Gasteiger partial charge in [0.1, 0.15) is 0 Å². The summed E-state index contributed by atoms with van der Waals surface area (Å²) in [7, 11) is 0. The van der Waals surface area contributed by atoms with Crippen molar-refractivity contribution in [3.63, 3.8) is 0 Å². The molecule has 0 bridgehead atoms. The Labute approximate surface area is 67.4 Å². The number of benzene rings is 1. The largest absolute Gasteiger partial charge is 0.329 e. The van der Waals surface area contributed by atoms with Crippen molar-refractivity contribution in [1.29, 1.82) is 0 Å². The van der Waals surface area contributed by atoms with Crippen LogP contribution < -0.4 is 11.1 Å². The summed E-state index contributed by atoms with van der Waals surface area (Å²) in [5.74, 6) is 0. The maximum absolute atomic E-state index is 5.30. The second-order valence-corrected chi connectivity index (χ2v) is 2.38. The van der Waals surface area contributed by atoms with E-state index in [1.807, 2.05) is 18.2 Å². The first-order valence-corrected chi connectivity index (χ1v) is 3.80. The molecule has 0 aliphatic carbocycles. The molecule has 0 saturated carbocycles. The van der Waals surface area contributed by atoms with Crippen molar-refractivity contribution in [2.75, 3.05) is 13.1 Å². The molecule has 2 nitrogen and oxygen atoms in total. The lowest BCUT2D eigenvalue weighted by Crippen LogP contribution is -2.15. The Morgan fingerprint density at radius 2 is 1.91 bits per heavy atom. The van der Waals surface area contributed by atoms with Gasteiger partial charge in [0.15, 0.2) is 0 Å². The van der Waals surface area contributed by atoms with Gasteiger partial charge in [-0.3, -0.25) is 0 Å². The van der Waals surface area contributed by atoms with Gasteiger partial charge >= 0.3 is 0 Å². The van der Waals surface area contributed by atoms with Crippen LogP contribution in [0.15, 0.2) is 30.3 Å². The summed E-state index contributed by atoms with van der Waals surface area (Å²) in [5.41, 5.74) is 6.55. The molecule has 1 aromatic rings. The standard InChI is InChI=1S/C9H13N2/c10-6-7-11-8-9-4-2-1-3-5-9/h1-5H,6-8,10H2. The van der Waals surface area contributed by atoms with Crippen LogP contribution in [-0.2, 0) is 6.54 Å². The number of nitrogens with two attached hydrogens (primary N) is 1. The normalized spacial score (nSPS) is 9.91. The average Bonchev–Trinajstić information content (AvgIpc) is 2.07. The summed E-state index contributed by atoms with van der Waals surface area (Å²) in [6, 6.07) is 10.2. The molecule has 0 atom stereocenters. The summed E-state index contributed by atoms with van der Waals surface area (Å²) in [6.07, 6.45) is 0. The number of rotatable bonds is 4. The predicted molar refractivity (Wildman–Crippen MR) is 46.2 cm³/mol. The zero-order valence-corrected chi connectivity index (χ0v) is 6.53. The Bertz CT molecular complexity index is 184. The van der Waals surface area contributed by atoms with Crippen LogP contribution in [0.4, 0.5) is 0 Å². The first-order valence-electron chi connectivity index (χ1n) is 3.80. The minimum Gasteiger partial charge on any atom is -0.329 e. The molecule has 11 heavy (non-hydrogen) atoms. The third kappa shape index (κ3) is 3.16. The van der Waals surface area contributed by atoms with Gasteiger partial charge in [0, 0.05) is 19.6 Å². The van der Waals surface area contributed by atoms with E-state index in [1.54, 1.807) is 0 Å². The van der Waals surface area contributed by atoms with Crippen molar-refractivity contribution in [3.8, 4) is 0 Å². The zero-order valence-electron chi connectivity index (χ0n) is 6.53. The molecule has 0 saturated heterocycles. The highest BCUT2D eigenvalue weighted by Crippen LogP contribution is 1.96. The van der Waals surface area contributed by atoms with E-state index in [0.29, 0.717) is 6.54 Å². The predicted octanol–water partition coefficient (Wildman–Crippen LogP) is 0.750. The Kier molecular flexibility index (Phi) is 3.65. The molecule has 0 aliphatic heterocycles. The van der Waals surface area contributed by atoms with Crippen molar-refractivity contribution in [2.24, 2.45) is 5.73 Å². The van der Waals surface area contributed by atoms with Crippen molar-refractivity contribution < 1.29 is 0 Å². The Morgan fingerprint density at radius 3 is 2.55 bits per heavy atom. The number of hydrogen-bond acceptors (Lipinski definition) is 1. The van der Waals surface area contributed by atoms with E-state index in [0.717, 1.165) is 13.1 Å². The van der Waals surface area contributed by atoms with E-state index in [2.05, 4.69) is 17.4 Å². The summed E-state index contributed by atoms with van der Waals surface area (Å²) >= 11 is 0. The third-order valence-electron chi connectivity index (χ3n) is 1.42. The van der Waals surface area contributed by atoms with E-state index < -0.39 is 0 Å². The highest BCUT2D eigenvalue weighted by molar-refractivity contribution is 5.14. The van der Waals surface area contributed by atoms with Crippen molar-refractivity contribution >= 4 is 0 Å². The van der Waals surface area contributed by atoms with Crippen molar-refractivity contribution in [1.82, 2.24) is 5.32 Å². The summed E-state index contributed by atoms with van der Waals surface area (Å²) in [6.45, 7) is 2.19. The third-order valence-corrected chi connectivity index (χ3v) is 1.42. The molecule has 0 unspecified atom stereocenters. The molecule has 1 aromatic carbocycles. The average molecular weight is 149 g/mol. The monoisotopic (exact) mass is 149 g/mol. The molecule has 0 fully saturated rings. The highest BCUT2D eigenvalue weighted by Gasteiger charge is 1.89. The minimum absolute atomic E-state index is 0.646. The van der Waals surface area contributed by atoms with Gasteiger partial charge in [-0.15, -0.1) is 0 Å². The summed E-state index contributed by atoms with van der Waals surface area (Å²) < 4.78 is 0. The van der Waals surface area contributed by atoms with Gasteiger partial charge in [-0.25, -0.2) is 5.32 Å². The Hall–Kier alpha value is -0.860. The highest BCUT2D eigenvalue weighted by atomic mass is 14.9. The zero-order chi connectivity index (χ0) is 7.94. The smallest absolute Gasteiger partial charge is 0.0384 e. The lowest BCUT2D eigenvalue weighted by Gasteiger charge is -1.99. The Balaban J connectivity index is 2.28. The van der Waals surface area contributed by atoms with Gasteiger partial charge in [-0.05, 0) is 5.56 Å². The second kappa shape index (κ2) is 4.88. The van der Waals surface area contributed by atoms with E-state index in [4.69, 9.17) is 5.73 Å². The fourth-order valence-electron chi connectivity index (χ4n) is 0.883. The van der Waals surface area contributed by atoms with Crippen molar-refractivity contribution in [2.45, 2.75) is 6.54 Å². The number of hydrogen-bond donors (Lipinski definition) is 1. The molecule has 2 heteroatoms. The number of nitrogens with zero attached hydrogens (tertiary/aromatic N) is 1. The van der Waals surface area contributed by atoms with Crippen LogP contribution in [-0.4, -0.2) is 13.1 Å². The van der Waals surface area contributed by atoms with Crippen LogP contribution in [0.3, 0.4) is 0 Å². The van der Waals surface area contributed by atoms with Gasteiger partial charge in [0.2, 0.25) is 0 Å². The first kappa shape index (κ1) is 8.24. The van der Waals surface area contributed by atoms with Gasteiger partial charge in [-0.2, -0.15) is 0 Å². The molecular weight excluding hydrogens is 136 g/mol. The van der Waals surface area contributed by atoms with Crippen LogP contribution in [0, 0.1) is 0 Å². The van der Waals surface area contributed by atoms with E-state index in [9.17, 15) is 0 Å². The molecule has 0 heterocycles. The quantitative estimate of drug-likeness (QED) is 0.630. The van der Waals surface area contributed by atoms with E-state index in [1.165, 1.54) is 5.56 Å². The topological polar surface area (TPSA) is 40.1 Å². The Morgan fingerprint density at radius 1 is 1.18 bits per heavy atom. The SMILES string of the molecule is NCC[N]Cc1ccccc1. The van der Waals surface area contributed by atoms with Gasteiger partial charge < -0.3 is 5.73 Å². The van der Waals surface area contributed by atoms with E-state index in [-0.39, 0.29) is 0 Å². The van der Waals surface area contributed by atoms with Crippen LogP contribution in [0.25, 0.3) is 0 Å². The molecule has 0 amide bonds. The fraction of sp³-hybridized carbons (Fsp3) is 0.333.